The van der Waals surface area contributed by atoms with Crippen LogP contribution < -0.4 is 0 Å². The van der Waals surface area contributed by atoms with Gasteiger partial charge in [-0.1, -0.05) is 20.8 Å². The van der Waals surface area contributed by atoms with Crippen molar-refractivity contribution >= 4 is 36.1 Å². The van der Waals surface area contributed by atoms with Crippen LogP contribution in [0, 0.1) is 11.8 Å². The average molecular weight is 889 g/mol. The van der Waals surface area contributed by atoms with Crippen molar-refractivity contribution in [2.45, 2.75) is 186 Å². The molecule has 0 aliphatic carbocycles. The van der Waals surface area contributed by atoms with Crippen LogP contribution in [-0.4, -0.2) is 178 Å². The SMILES string of the molecule is CCC(=O)O[C@@H]1CC(=O)O[C@H](C)CN(C)C[C@H](OC(C)=O)[C@H](C)C[C@H](CC=O)[C@H](O[C@@H]2OC(C)[C@H](O[C@H]3CC(C)(OC(C)=O)[C@@H](OC(=O)CC)C(C)O3)C(N(C)C)C2O)[C@H]1OC. The summed E-state index contributed by atoms with van der Waals surface area (Å²) in [5, 5.41) is 12.2. The van der Waals surface area contributed by atoms with Crippen molar-refractivity contribution < 1.29 is 81.2 Å². The van der Waals surface area contributed by atoms with E-state index in [0.717, 1.165) is 6.29 Å². The fraction of sp³-hybridized carbons (Fsp3) is 0.860. The summed E-state index contributed by atoms with van der Waals surface area (Å²) in [5.74, 6) is -3.97. The normalized spacial score (nSPS) is 37.9. The molecule has 0 aromatic heterocycles. The molecule has 0 saturated carbocycles. The summed E-state index contributed by atoms with van der Waals surface area (Å²) in [5.41, 5.74) is -1.33. The molecule has 3 saturated heterocycles. The third kappa shape index (κ3) is 14.6. The molecule has 0 aromatic rings. The highest BCUT2D eigenvalue weighted by Crippen LogP contribution is 2.39. The van der Waals surface area contributed by atoms with E-state index in [9.17, 15) is 33.9 Å². The predicted molar refractivity (Wildman–Crippen MR) is 219 cm³/mol. The molecule has 0 radical (unpaired) electrons. The first-order valence-electron chi connectivity index (χ1n) is 21.6. The zero-order chi connectivity index (χ0) is 46.6. The Morgan fingerprint density at radius 1 is 0.887 bits per heavy atom. The number of ether oxygens (including phenoxy) is 10. The molecule has 0 bridgehead atoms. The van der Waals surface area contributed by atoms with E-state index in [1.54, 1.807) is 60.5 Å². The number of carbonyl (C=O) groups excluding carboxylic acids is 6. The van der Waals surface area contributed by atoms with E-state index in [2.05, 4.69) is 0 Å². The predicted octanol–water partition coefficient (Wildman–Crippen LogP) is 2.34. The molecule has 5 unspecified atom stereocenters. The Kier molecular flexibility index (Phi) is 20.6. The van der Waals surface area contributed by atoms with Crippen molar-refractivity contribution in [1.29, 1.82) is 0 Å². The summed E-state index contributed by atoms with van der Waals surface area (Å²) < 4.78 is 60.8. The van der Waals surface area contributed by atoms with E-state index in [4.69, 9.17) is 47.4 Å². The zero-order valence-electron chi connectivity index (χ0n) is 38.8. The minimum atomic E-state index is -1.44. The van der Waals surface area contributed by atoms with Crippen LogP contribution in [0.3, 0.4) is 0 Å². The van der Waals surface area contributed by atoms with Gasteiger partial charge in [0.25, 0.3) is 0 Å². The van der Waals surface area contributed by atoms with Crippen molar-refractivity contribution in [1.82, 2.24) is 9.80 Å². The summed E-state index contributed by atoms with van der Waals surface area (Å²) in [6.07, 6.45) is -11.6. The molecule has 0 amide bonds. The van der Waals surface area contributed by atoms with E-state index >= 15 is 0 Å². The van der Waals surface area contributed by atoms with Gasteiger partial charge >= 0.3 is 29.8 Å². The van der Waals surface area contributed by atoms with E-state index in [1.165, 1.54) is 21.0 Å². The maximum atomic E-state index is 13.5. The fourth-order valence-electron chi connectivity index (χ4n) is 8.88. The van der Waals surface area contributed by atoms with E-state index in [-0.39, 0.29) is 44.6 Å². The number of hydrogen-bond donors (Lipinski definition) is 1. The minimum Gasteiger partial charge on any atom is -0.461 e. The molecule has 3 fully saturated rings. The van der Waals surface area contributed by atoms with Gasteiger partial charge in [0.05, 0.1) is 30.8 Å². The van der Waals surface area contributed by atoms with Crippen LogP contribution in [0.1, 0.15) is 101 Å². The second-order valence-corrected chi connectivity index (χ2v) is 17.3. The van der Waals surface area contributed by atoms with Crippen molar-refractivity contribution in [3.05, 3.63) is 0 Å². The molecular weight excluding hydrogens is 816 g/mol. The molecule has 3 aliphatic rings. The quantitative estimate of drug-likeness (QED) is 0.150. The summed E-state index contributed by atoms with van der Waals surface area (Å²) in [4.78, 5) is 79.5. The van der Waals surface area contributed by atoms with Gasteiger partial charge in [-0.2, -0.15) is 0 Å². The number of hydrogen-bond acceptors (Lipinski definition) is 19. The highest BCUT2D eigenvalue weighted by atomic mass is 16.7. The minimum absolute atomic E-state index is 0.0184. The summed E-state index contributed by atoms with van der Waals surface area (Å²) >= 11 is 0. The van der Waals surface area contributed by atoms with E-state index in [1.807, 2.05) is 18.9 Å². The van der Waals surface area contributed by atoms with Gasteiger partial charge in [-0.05, 0) is 67.1 Å². The van der Waals surface area contributed by atoms with Crippen LogP contribution in [0.25, 0.3) is 0 Å². The maximum Gasteiger partial charge on any atom is 0.309 e. The average Bonchev–Trinajstić information content (AvgIpc) is 3.16. The molecule has 19 heteroatoms. The number of likely N-dealkylation sites (N-methyl/N-ethyl adjacent to an activating group) is 2. The number of nitrogens with zero attached hydrogens (tertiary/aromatic N) is 2. The highest BCUT2D eigenvalue weighted by Gasteiger charge is 2.54. The van der Waals surface area contributed by atoms with Crippen molar-refractivity contribution in [2.24, 2.45) is 11.8 Å². The van der Waals surface area contributed by atoms with Gasteiger partial charge < -0.3 is 62.2 Å². The van der Waals surface area contributed by atoms with Gasteiger partial charge in [-0.15, -0.1) is 0 Å². The Labute approximate surface area is 365 Å². The molecular formula is C43H72N2O17. The largest absolute Gasteiger partial charge is 0.461 e. The molecule has 16 atom stereocenters. The van der Waals surface area contributed by atoms with Crippen LogP contribution in [0.5, 0.6) is 0 Å². The molecule has 0 spiro atoms. The van der Waals surface area contributed by atoms with Gasteiger partial charge in [0.1, 0.15) is 42.9 Å². The number of cyclic esters (lactones) is 1. The van der Waals surface area contributed by atoms with Gasteiger partial charge in [0.2, 0.25) is 0 Å². The van der Waals surface area contributed by atoms with Crippen LogP contribution in [0.2, 0.25) is 0 Å². The van der Waals surface area contributed by atoms with Crippen molar-refractivity contribution in [2.75, 3.05) is 41.3 Å². The first-order chi connectivity index (χ1) is 29.1. The third-order valence-electron chi connectivity index (χ3n) is 11.6. The molecule has 0 aromatic carbocycles. The number of esters is 5. The van der Waals surface area contributed by atoms with Gasteiger partial charge in [-0.3, -0.25) is 28.9 Å². The monoisotopic (exact) mass is 888 g/mol. The number of aliphatic hydroxyl groups excluding tert-OH is 1. The second kappa shape index (κ2) is 24.1. The molecule has 356 valence electrons. The van der Waals surface area contributed by atoms with Gasteiger partial charge in [0.15, 0.2) is 24.3 Å². The lowest BCUT2D eigenvalue weighted by molar-refractivity contribution is -0.344. The standard InChI is InChI=1S/C43H72N2O17/c1-14-32(49)58-30-19-34(51)54-24(4)21-45(12)22-31(57-27(7)47)23(3)18-29(16-17-46)39(40(30)53-13)61-42-37(52)36(44(10)11)38(25(5)56-42)60-35-20-43(9,62-28(8)48)41(26(6)55-35)59-33(50)15-2/h17,23-26,29-31,35-42,52H,14-16,18-22H2,1-13H3/t23-,24-,25?,26?,29+,30-,31+,35+,36?,37?,38+,39+,40+,41+,42+,43?/m1/s1. The first kappa shape index (κ1) is 53.0. The van der Waals surface area contributed by atoms with Crippen LogP contribution >= 0.6 is 0 Å². The van der Waals surface area contributed by atoms with Crippen LogP contribution in [0.4, 0.5) is 0 Å². The summed E-state index contributed by atoms with van der Waals surface area (Å²) in [6, 6.07) is -0.824. The zero-order valence-corrected chi connectivity index (χ0v) is 38.8. The van der Waals surface area contributed by atoms with E-state index < -0.39 is 127 Å². The number of methoxy groups -OCH3 is 1. The Morgan fingerprint density at radius 2 is 1.53 bits per heavy atom. The molecule has 3 aliphatic heterocycles. The fourth-order valence-corrected chi connectivity index (χ4v) is 8.88. The van der Waals surface area contributed by atoms with Gasteiger partial charge in [0, 0.05) is 59.7 Å². The van der Waals surface area contributed by atoms with Gasteiger partial charge in [-0.25, -0.2) is 0 Å². The van der Waals surface area contributed by atoms with Crippen LogP contribution in [-0.2, 0) is 76.1 Å². The van der Waals surface area contributed by atoms with Crippen LogP contribution in [0.15, 0.2) is 0 Å². The van der Waals surface area contributed by atoms with Crippen molar-refractivity contribution in [3.8, 4) is 0 Å². The molecule has 19 nitrogen and oxygen atoms in total. The number of aldehydes is 1. The number of carbonyl (C=O) groups is 6. The Balaban J connectivity index is 2.07. The van der Waals surface area contributed by atoms with E-state index in [0.29, 0.717) is 6.54 Å². The second-order valence-electron chi connectivity index (χ2n) is 17.3. The summed E-state index contributed by atoms with van der Waals surface area (Å²) in [7, 11) is 6.64. The molecule has 1 N–H and O–H groups in total. The molecule has 62 heavy (non-hydrogen) atoms. The number of aliphatic hydroxyl groups is 1. The topological polar surface area (TPSA) is 221 Å². The molecule has 3 rings (SSSR count). The Morgan fingerprint density at radius 3 is 2.10 bits per heavy atom. The molecule has 3 heterocycles. The summed E-state index contributed by atoms with van der Waals surface area (Å²) in [6.45, 7) is 15.1. The lowest BCUT2D eigenvalue weighted by atomic mass is 9.82. The smallest absolute Gasteiger partial charge is 0.309 e. The third-order valence-corrected chi connectivity index (χ3v) is 11.6. The lowest BCUT2D eigenvalue weighted by Gasteiger charge is -2.50. The lowest BCUT2D eigenvalue weighted by Crippen LogP contribution is -2.66. The van der Waals surface area contributed by atoms with Crippen molar-refractivity contribution in [3.63, 3.8) is 0 Å². The Bertz CT molecular complexity index is 1500. The number of rotatable bonds is 14. The maximum absolute atomic E-state index is 13.5. The highest BCUT2D eigenvalue weighted by molar-refractivity contribution is 5.73. The first-order valence-corrected chi connectivity index (χ1v) is 21.6. The Hall–Kier alpha value is -3.30.